The van der Waals surface area contributed by atoms with Crippen molar-refractivity contribution in [3.05, 3.63) is 42.1 Å². The molecular formula is C13H14N4O. The van der Waals surface area contributed by atoms with Crippen LogP contribution in [0.1, 0.15) is 11.5 Å². The van der Waals surface area contributed by atoms with Gasteiger partial charge in [-0.1, -0.05) is 18.2 Å². The van der Waals surface area contributed by atoms with Crippen LogP contribution in [0.4, 0.5) is 11.5 Å². The van der Waals surface area contributed by atoms with Gasteiger partial charge in [-0.2, -0.15) is 5.10 Å². The third-order valence-corrected chi connectivity index (χ3v) is 3.22. The Hall–Kier alpha value is -2.30. The van der Waals surface area contributed by atoms with Crippen LogP contribution in [0.5, 0.6) is 0 Å². The Labute approximate surface area is 105 Å². The molecule has 1 unspecified atom stereocenters. The van der Waals surface area contributed by atoms with Gasteiger partial charge in [0.2, 0.25) is 5.91 Å². The Balaban J connectivity index is 1.81. The predicted octanol–water partition coefficient (Wildman–Crippen LogP) is 1.57. The lowest BCUT2D eigenvalue weighted by atomic mass is 10.0. The molecule has 0 saturated carbocycles. The smallest absolute Gasteiger partial charge is 0.234 e. The summed E-state index contributed by atoms with van der Waals surface area (Å²) in [6.45, 7) is 0.642. The zero-order valence-electron chi connectivity index (χ0n) is 10.1. The number of benzene rings is 1. The minimum Gasteiger partial charge on any atom is -0.384 e. The van der Waals surface area contributed by atoms with Crippen molar-refractivity contribution in [1.29, 1.82) is 0 Å². The predicted molar refractivity (Wildman–Crippen MR) is 69.5 cm³/mol. The van der Waals surface area contributed by atoms with Gasteiger partial charge in [0, 0.05) is 25.3 Å². The van der Waals surface area contributed by atoms with Crippen molar-refractivity contribution < 1.29 is 4.79 Å². The largest absolute Gasteiger partial charge is 0.384 e. The molecule has 5 nitrogen and oxygen atoms in total. The van der Waals surface area contributed by atoms with Crippen LogP contribution in [-0.4, -0.2) is 22.2 Å². The monoisotopic (exact) mass is 242 g/mol. The number of nitrogens with one attached hydrogen (secondary N) is 2. The maximum atomic E-state index is 12.2. The number of aryl methyl sites for hydroxylation is 1. The first kappa shape index (κ1) is 10.8. The minimum absolute atomic E-state index is 0.00366. The molecule has 0 spiro atoms. The molecular weight excluding hydrogens is 228 g/mol. The lowest BCUT2D eigenvalue weighted by molar-refractivity contribution is -0.117. The molecule has 3 rings (SSSR count). The van der Waals surface area contributed by atoms with Gasteiger partial charge in [-0.05, 0) is 11.6 Å². The summed E-state index contributed by atoms with van der Waals surface area (Å²) in [4.78, 5) is 12.2. The molecule has 0 saturated heterocycles. The molecule has 1 aliphatic heterocycles. The molecule has 1 aromatic carbocycles. The van der Waals surface area contributed by atoms with E-state index in [1.54, 1.807) is 24.0 Å². The van der Waals surface area contributed by atoms with Crippen molar-refractivity contribution >= 4 is 17.4 Å². The summed E-state index contributed by atoms with van der Waals surface area (Å²) < 4.78 is 1.65. The van der Waals surface area contributed by atoms with E-state index in [9.17, 15) is 4.79 Å². The number of amides is 1. The maximum Gasteiger partial charge on any atom is 0.234 e. The van der Waals surface area contributed by atoms with Gasteiger partial charge in [-0.15, -0.1) is 0 Å². The number of nitrogens with zero attached hydrogens (tertiary/aromatic N) is 2. The summed E-state index contributed by atoms with van der Waals surface area (Å²) in [5, 5.41) is 10.2. The fraction of sp³-hybridized carbons (Fsp3) is 0.231. The van der Waals surface area contributed by atoms with E-state index in [2.05, 4.69) is 15.7 Å². The summed E-state index contributed by atoms with van der Waals surface area (Å²) in [5.74, 6) is 0.566. The SMILES string of the molecule is Cn1nccc1NC(=O)C1CNc2ccccc21. The number of anilines is 2. The number of aromatic nitrogens is 2. The number of fused-ring (bicyclic) bond motifs is 1. The Kier molecular flexibility index (Phi) is 2.51. The molecule has 18 heavy (non-hydrogen) atoms. The van der Waals surface area contributed by atoms with E-state index in [-0.39, 0.29) is 11.8 Å². The zero-order chi connectivity index (χ0) is 12.5. The third kappa shape index (κ3) is 1.73. The summed E-state index contributed by atoms with van der Waals surface area (Å²) >= 11 is 0. The normalized spacial score (nSPS) is 17.1. The number of carbonyl (C=O) groups is 1. The number of hydrogen-bond acceptors (Lipinski definition) is 3. The van der Waals surface area contributed by atoms with Gasteiger partial charge in [0.05, 0.1) is 12.1 Å². The molecule has 0 aliphatic carbocycles. The number of rotatable bonds is 2. The Morgan fingerprint density at radius 3 is 3.06 bits per heavy atom. The number of para-hydroxylation sites is 1. The van der Waals surface area contributed by atoms with Gasteiger partial charge >= 0.3 is 0 Å². The van der Waals surface area contributed by atoms with Crippen LogP contribution < -0.4 is 10.6 Å². The maximum absolute atomic E-state index is 12.2. The van der Waals surface area contributed by atoms with Crippen molar-refractivity contribution in [3.8, 4) is 0 Å². The zero-order valence-corrected chi connectivity index (χ0v) is 10.1. The second-order valence-corrected chi connectivity index (χ2v) is 4.35. The van der Waals surface area contributed by atoms with Gasteiger partial charge in [-0.3, -0.25) is 9.48 Å². The third-order valence-electron chi connectivity index (χ3n) is 3.22. The van der Waals surface area contributed by atoms with Crippen LogP contribution in [0.15, 0.2) is 36.5 Å². The lowest BCUT2D eigenvalue weighted by Gasteiger charge is -2.11. The van der Waals surface area contributed by atoms with E-state index in [1.165, 1.54) is 0 Å². The van der Waals surface area contributed by atoms with E-state index in [0.29, 0.717) is 12.4 Å². The van der Waals surface area contributed by atoms with Gasteiger partial charge in [0.1, 0.15) is 5.82 Å². The van der Waals surface area contributed by atoms with Gasteiger partial charge in [-0.25, -0.2) is 0 Å². The molecule has 1 amide bonds. The Bertz CT molecular complexity index is 590. The summed E-state index contributed by atoms with van der Waals surface area (Å²) in [7, 11) is 1.80. The number of carbonyl (C=O) groups excluding carboxylic acids is 1. The van der Waals surface area contributed by atoms with Crippen LogP contribution >= 0.6 is 0 Å². The van der Waals surface area contributed by atoms with Crippen molar-refractivity contribution in [2.24, 2.45) is 7.05 Å². The van der Waals surface area contributed by atoms with Crippen LogP contribution in [0.25, 0.3) is 0 Å². The molecule has 5 heteroatoms. The highest BCUT2D eigenvalue weighted by Crippen LogP contribution is 2.31. The molecule has 2 aromatic rings. The molecule has 0 bridgehead atoms. The van der Waals surface area contributed by atoms with Gasteiger partial charge in [0.15, 0.2) is 0 Å². The molecule has 0 radical (unpaired) electrons. The molecule has 1 atom stereocenters. The lowest BCUT2D eigenvalue weighted by Crippen LogP contribution is -2.23. The van der Waals surface area contributed by atoms with E-state index < -0.39 is 0 Å². The molecule has 1 aliphatic rings. The second kappa shape index (κ2) is 4.18. The van der Waals surface area contributed by atoms with Gasteiger partial charge in [0.25, 0.3) is 0 Å². The highest BCUT2D eigenvalue weighted by Gasteiger charge is 2.28. The van der Waals surface area contributed by atoms with Crippen molar-refractivity contribution in [2.75, 3.05) is 17.2 Å². The molecule has 1 aromatic heterocycles. The molecule has 2 N–H and O–H groups in total. The van der Waals surface area contributed by atoms with E-state index in [1.807, 2.05) is 24.3 Å². The van der Waals surface area contributed by atoms with Crippen LogP contribution in [0, 0.1) is 0 Å². The second-order valence-electron chi connectivity index (χ2n) is 4.35. The van der Waals surface area contributed by atoms with E-state index >= 15 is 0 Å². The summed E-state index contributed by atoms with van der Waals surface area (Å²) in [5.41, 5.74) is 2.10. The van der Waals surface area contributed by atoms with Crippen molar-refractivity contribution in [2.45, 2.75) is 5.92 Å². The highest BCUT2D eigenvalue weighted by atomic mass is 16.2. The van der Waals surface area contributed by atoms with E-state index in [4.69, 9.17) is 0 Å². The number of hydrogen-bond donors (Lipinski definition) is 2. The minimum atomic E-state index is -0.143. The van der Waals surface area contributed by atoms with Crippen LogP contribution in [0.2, 0.25) is 0 Å². The first-order valence-corrected chi connectivity index (χ1v) is 5.87. The first-order valence-electron chi connectivity index (χ1n) is 5.87. The van der Waals surface area contributed by atoms with E-state index in [0.717, 1.165) is 11.3 Å². The fourth-order valence-corrected chi connectivity index (χ4v) is 2.23. The summed E-state index contributed by atoms with van der Waals surface area (Å²) in [6.07, 6.45) is 1.66. The first-order chi connectivity index (χ1) is 8.75. The Morgan fingerprint density at radius 2 is 2.28 bits per heavy atom. The average molecular weight is 242 g/mol. The van der Waals surface area contributed by atoms with Crippen LogP contribution in [0.3, 0.4) is 0 Å². The molecule has 0 fully saturated rings. The standard InChI is InChI=1S/C13H14N4O/c1-17-12(6-7-15-17)16-13(18)10-8-14-11-5-3-2-4-9(10)11/h2-7,10,14H,8H2,1H3,(H,16,18). The summed E-state index contributed by atoms with van der Waals surface area (Å²) in [6, 6.07) is 9.69. The average Bonchev–Trinajstić information content (AvgIpc) is 2.96. The quantitative estimate of drug-likeness (QED) is 0.840. The highest BCUT2D eigenvalue weighted by molar-refractivity contribution is 5.97. The van der Waals surface area contributed by atoms with Crippen LogP contribution in [-0.2, 0) is 11.8 Å². The topological polar surface area (TPSA) is 59.0 Å². The fourth-order valence-electron chi connectivity index (χ4n) is 2.23. The molecule has 2 heterocycles. The van der Waals surface area contributed by atoms with Crippen molar-refractivity contribution in [1.82, 2.24) is 9.78 Å². The van der Waals surface area contributed by atoms with Crippen molar-refractivity contribution in [3.63, 3.8) is 0 Å². The van der Waals surface area contributed by atoms with Gasteiger partial charge < -0.3 is 10.6 Å². The molecule has 92 valence electrons. The Morgan fingerprint density at radius 1 is 1.44 bits per heavy atom.